The van der Waals surface area contributed by atoms with E-state index < -0.39 is 0 Å². The maximum Gasteiger partial charge on any atom is 0.277 e. The number of anilines is 1. The van der Waals surface area contributed by atoms with Crippen LogP contribution >= 0.6 is 0 Å². The van der Waals surface area contributed by atoms with Crippen LogP contribution in [0.2, 0.25) is 0 Å². The van der Waals surface area contributed by atoms with E-state index in [9.17, 15) is 4.79 Å². The van der Waals surface area contributed by atoms with Crippen LogP contribution in [0.15, 0.2) is 30.6 Å². The molecule has 0 saturated carbocycles. The molecule has 0 aliphatic carbocycles. The molecule has 2 fully saturated rings. The van der Waals surface area contributed by atoms with Gasteiger partial charge in [0.15, 0.2) is 6.23 Å². The molecule has 1 amide bonds. The van der Waals surface area contributed by atoms with Gasteiger partial charge in [-0.05, 0) is 44.4 Å². The lowest BCUT2D eigenvalue weighted by Crippen LogP contribution is -2.44. The Morgan fingerprint density at radius 2 is 2.12 bits per heavy atom. The highest BCUT2D eigenvalue weighted by Gasteiger charge is 2.27. The highest BCUT2D eigenvalue weighted by Crippen LogP contribution is 2.34. The van der Waals surface area contributed by atoms with Crippen LogP contribution in [0.1, 0.15) is 42.8 Å². The molecule has 1 unspecified atom stereocenters. The number of fused-ring (bicyclic) bond motifs is 1. The van der Waals surface area contributed by atoms with Crippen LogP contribution in [0, 0.1) is 0 Å². The van der Waals surface area contributed by atoms with E-state index in [1.807, 2.05) is 22.9 Å². The molecule has 5 rings (SSSR count). The predicted molar refractivity (Wildman–Crippen MR) is 126 cm³/mol. The molecule has 10 heteroatoms. The zero-order valence-corrected chi connectivity index (χ0v) is 19.8. The number of carbonyl (C=O) groups is 1. The number of carbonyl (C=O) groups excluding carboxylic acids is 1. The van der Waals surface area contributed by atoms with Gasteiger partial charge in [-0.1, -0.05) is 0 Å². The Bertz CT molecular complexity index is 1180. The molecule has 2 atom stereocenters. The number of pyridine rings is 2. The molecule has 3 aromatic heterocycles. The van der Waals surface area contributed by atoms with Crippen molar-refractivity contribution in [1.29, 1.82) is 0 Å². The van der Waals surface area contributed by atoms with Crippen LogP contribution in [0.3, 0.4) is 0 Å². The third kappa shape index (κ3) is 4.13. The SMILES string of the molecule is CON(C)C(=O)c1cc(N2CCOC[C@H]2C)nc2c(-c3ccnn3C3CCCCO3)nccc12. The molecule has 2 saturated heterocycles. The number of aromatic nitrogens is 4. The summed E-state index contributed by atoms with van der Waals surface area (Å²) in [5.74, 6) is 0.462. The fourth-order valence-corrected chi connectivity index (χ4v) is 4.62. The first-order valence-electron chi connectivity index (χ1n) is 11.7. The summed E-state index contributed by atoms with van der Waals surface area (Å²) in [6, 6.07) is 5.72. The molecule has 3 aromatic rings. The van der Waals surface area contributed by atoms with Gasteiger partial charge in [0.05, 0.1) is 37.6 Å². The third-order valence-electron chi connectivity index (χ3n) is 6.51. The normalized spacial score (nSPS) is 21.1. The molecule has 0 aromatic carbocycles. The number of hydrogen-bond acceptors (Lipinski definition) is 8. The van der Waals surface area contributed by atoms with E-state index in [1.165, 1.54) is 12.2 Å². The van der Waals surface area contributed by atoms with Gasteiger partial charge in [0.25, 0.3) is 5.91 Å². The third-order valence-corrected chi connectivity index (χ3v) is 6.51. The van der Waals surface area contributed by atoms with E-state index in [1.54, 1.807) is 19.4 Å². The van der Waals surface area contributed by atoms with Gasteiger partial charge in [0.1, 0.15) is 17.0 Å². The summed E-state index contributed by atoms with van der Waals surface area (Å²) >= 11 is 0. The number of amides is 1. The van der Waals surface area contributed by atoms with Crippen molar-refractivity contribution in [2.24, 2.45) is 0 Å². The van der Waals surface area contributed by atoms with Gasteiger partial charge >= 0.3 is 0 Å². The van der Waals surface area contributed by atoms with Gasteiger partial charge in [-0.3, -0.25) is 14.6 Å². The number of nitrogens with zero attached hydrogens (tertiary/aromatic N) is 6. The lowest BCUT2D eigenvalue weighted by atomic mass is 10.1. The second-order valence-corrected chi connectivity index (χ2v) is 8.67. The summed E-state index contributed by atoms with van der Waals surface area (Å²) in [4.78, 5) is 30.4. The summed E-state index contributed by atoms with van der Waals surface area (Å²) < 4.78 is 13.5. The van der Waals surface area contributed by atoms with Crippen LogP contribution in [-0.2, 0) is 14.3 Å². The quantitative estimate of drug-likeness (QED) is 0.530. The molecule has 0 bridgehead atoms. The van der Waals surface area contributed by atoms with Gasteiger partial charge in [-0.15, -0.1) is 0 Å². The Balaban J connectivity index is 1.69. The second kappa shape index (κ2) is 9.65. The first-order chi connectivity index (χ1) is 16.6. The molecular formula is C24H30N6O4. The lowest BCUT2D eigenvalue weighted by Gasteiger charge is -2.34. The largest absolute Gasteiger partial charge is 0.377 e. The maximum atomic E-state index is 13.3. The van der Waals surface area contributed by atoms with E-state index in [0.29, 0.717) is 54.3 Å². The average Bonchev–Trinajstić information content (AvgIpc) is 3.37. The van der Waals surface area contributed by atoms with Gasteiger partial charge in [0, 0.05) is 38.0 Å². The van der Waals surface area contributed by atoms with Gasteiger partial charge in [-0.25, -0.2) is 14.7 Å². The summed E-state index contributed by atoms with van der Waals surface area (Å²) in [6.45, 7) is 4.71. The number of rotatable bonds is 5. The summed E-state index contributed by atoms with van der Waals surface area (Å²) in [5.41, 5.74) is 2.63. The second-order valence-electron chi connectivity index (χ2n) is 8.67. The maximum absolute atomic E-state index is 13.3. The van der Waals surface area contributed by atoms with Crippen molar-refractivity contribution in [3.8, 4) is 11.4 Å². The fourth-order valence-electron chi connectivity index (χ4n) is 4.62. The van der Waals surface area contributed by atoms with Crippen molar-refractivity contribution < 1.29 is 19.1 Å². The van der Waals surface area contributed by atoms with Crippen molar-refractivity contribution in [2.75, 3.05) is 45.4 Å². The molecule has 5 heterocycles. The van der Waals surface area contributed by atoms with Crippen molar-refractivity contribution in [2.45, 2.75) is 38.5 Å². The molecule has 34 heavy (non-hydrogen) atoms. The van der Waals surface area contributed by atoms with Crippen molar-refractivity contribution >= 4 is 22.6 Å². The van der Waals surface area contributed by atoms with Gasteiger partial charge in [0.2, 0.25) is 0 Å². The predicted octanol–water partition coefficient (Wildman–Crippen LogP) is 3.05. The first kappa shape index (κ1) is 22.7. The molecular weight excluding hydrogens is 436 g/mol. The Hall–Kier alpha value is -3.08. The molecule has 10 nitrogen and oxygen atoms in total. The number of hydrogen-bond donors (Lipinski definition) is 0. The standard InChI is InChI=1S/C24H30N6O4/c1-16-15-33-13-11-29(16)20-14-18(24(31)28(2)32-3)17-7-9-25-23(22(17)27-20)19-8-10-26-30(19)21-6-4-5-12-34-21/h7-10,14,16,21H,4-6,11-13,15H2,1-3H3/t16-,21?/m1/s1. The lowest BCUT2D eigenvalue weighted by molar-refractivity contribution is -0.0755. The van der Waals surface area contributed by atoms with Gasteiger partial charge in [-0.2, -0.15) is 5.10 Å². The molecule has 0 radical (unpaired) electrons. The minimum atomic E-state index is -0.252. The van der Waals surface area contributed by atoms with Crippen LogP contribution in [0.5, 0.6) is 0 Å². The van der Waals surface area contributed by atoms with E-state index in [2.05, 4.69) is 16.9 Å². The smallest absolute Gasteiger partial charge is 0.277 e. The fraction of sp³-hybridized carbons (Fsp3) is 0.500. The van der Waals surface area contributed by atoms with Crippen molar-refractivity contribution in [3.63, 3.8) is 0 Å². The Kier molecular flexibility index (Phi) is 6.44. The summed E-state index contributed by atoms with van der Waals surface area (Å²) in [6.07, 6.45) is 6.36. The Morgan fingerprint density at radius 3 is 2.88 bits per heavy atom. The topological polar surface area (TPSA) is 94.8 Å². The number of hydroxylamine groups is 2. The van der Waals surface area contributed by atoms with E-state index in [4.69, 9.17) is 24.3 Å². The summed E-state index contributed by atoms with van der Waals surface area (Å²) in [7, 11) is 3.07. The van der Waals surface area contributed by atoms with Gasteiger partial charge < -0.3 is 14.4 Å². The monoisotopic (exact) mass is 466 g/mol. The Morgan fingerprint density at radius 1 is 1.24 bits per heavy atom. The minimum absolute atomic E-state index is 0.128. The van der Waals surface area contributed by atoms with E-state index in [0.717, 1.165) is 25.0 Å². The molecule has 0 spiro atoms. The van der Waals surface area contributed by atoms with Crippen LogP contribution < -0.4 is 4.90 Å². The van der Waals surface area contributed by atoms with Crippen LogP contribution in [-0.4, -0.2) is 77.3 Å². The number of morpholine rings is 1. The highest BCUT2D eigenvalue weighted by molar-refractivity contribution is 6.08. The molecule has 2 aliphatic heterocycles. The van der Waals surface area contributed by atoms with Crippen LogP contribution in [0.4, 0.5) is 5.82 Å². The number of ether oxygens (including phenoxy) is 2. The molecule has 180 valence electrons. The van der Waals surface area contributed by atoms with E-state index in [-0.39, 0.29) is 18.2 Å². The zero-order chi connectivity index (χ0) is 23.7. The zero-order valence-electron chi connectivity index (χ0n) is 19.8. The Labute approximate surface area is 198 Å². The van der Waals surface area contributed by atoms with Crippen LogP contribution in [0.25, 0.3) is 22.3 Å². The molecule has 2 aliphatic rings. The molecule has 0 N–H and O–H groups in total. The minimum Gasteiger partial charge on any atom is -0.377 e. The van der Waals surface area contributed by atoms with Crippen molar-refractivity contribution in [3.05, 3.63) is 36.2 Å². The van der Waals surface area contributed by atoms with Crippen molar-refractivity contribution in [1.82, 2.24) is 24.8 Å². The summed E-state index contributed by atoms with van der Waals surface area (Å²) in [5, 5.41) is 6.48. The van der Waals surface area contributed by atoms with E-state index >= 15 is 0 Å². The highest BCUT2D eigenvalue weighted by atomic mass is 16.7. The average molecular weight is 467 g/mol. The first-order valence-corrected chi connectivity index (χ1v) is 11.7.